The lowest BCUT2D eigenvalue weighted by molar-refractivity contribution is 0.0963. The molecule has 30 heavy (non-hydrogen) atoms. The molecular formula is C25H34N4O. The molecule has 5 nitrogen and oxygen atoms in total. The van der Waals surface area contributed by atoms with Crippen LogP contribution in [0.2, 0.25) is 0 Å². The van der Waals surface area contributed by atoms with Crippen LogP contribution in [-0.2, 0) is 12.8 Å². The molecule has 0 atom stereocenters. The highest BCUT2D eigenvalue weighted by molar-refractivity contribution is 5.94. The maximum absolute atomic E-state index is 11.8. The second-order valence-corrected chi connectivity index (χ2v) is 7.89. The molecular weight excluding hydrogens is 372 g/mol. The quantitative estimate of drug-likeness (QED) is 0.546. The van der Waals surface area contributed by atoms with Gasteiger partial charge in [-0.15, -0.1) is 0 Å². The summed E-state index contributed by atoms with van der Waals surface area (Å²) in [6.45, 7) is 5.80. The monoisotopic (exact) mass is 406 g/mol. The van der Waals surface area contributed by atoms with Gasteiger partial charge in [-0.3, -0.25) is 9.79 Å². The van der Waals surface area contributed by atoms with Gasteiger partial charge < -0.3 is 15.5 Å². The minimum atomic E-state index is -0.0490. The maximum atomic E-state index is 11.8. The lowest BCUT2D eigenvalue weighted by Gasteiger charge is -2.34. The smallest absolute Gasteiger partial charge is 0.251 e. The second-order valence-electron chi connectivity index (χ2n) is 7.89. The van der Waals surface area contributed by atoms with Crippen LogP contribution in [0.3, 0.4) is 0 Å². The van der Waals surface area contributed by atoms with Gasteiger partial charge in [0.1, 0.15) is 0 Å². The number of rotatable bonds is 7. The van der Waals surface area contributed by atoms with Crippen LogP contribution in [0, 0.1) is 5.92 Å². The van der Waals surface area contributed by atoms with Crippen LogP contribution in [0.1, 0.15) is 41.3 Å². The molecule has 2 aromatic rings. The Morgan fingerprint density at radius 1 is 1.07 bits per heavy atom. The van der Waals surface area contributed by atoms with Crippen molar-refractivity contribution in [3.05, 3.63) is 71.3 Å². The molecule has 1 aliphatic heterocycles. The van der Waals surface area contributed by atoms with Gasteiger partial charge in [0.25, 0.3) is 5.91 Å². The Morgan fingerprint density at radius 3 is 2.50 bits per heavy atom. The molecule has 160 valence electrons. The normalized spacial score (nSPS) is 15.1. The number of piperidine rings is 1. The minimum absolute atomic E-state index is 0.0490. The Labute approximate surface area is 180 Å². The first-order valence-electron chi connectivity index (χ1n) is 11.1. The van der Waals surface area contributed by atoms with E-state index >= 15 is 0 Å². The first-order chi connectivity index (χ1) is 14.7. The summed E-state index contributed by atoms with van der Waals surface area (Å²) in [7, 11) is 1.66. The van der Waals surface area contributed by atoms with Crippen molar-refractivity contribution in [3.63, 3.8) is 0 Å². The highest BCUT2D eigenvalue weighted by atomic mass is 16.1. The second kappa shape index (κ2) is 11.4. The van der Waals surface area contributed by atoms with Crippen LogP contribution < -0.4 is 10.6 Å². The molecule has 1 fully saturated rings. The standard InChI is InChI=1S/C25H34N4O/c1-3-27-25(28-15-12-21-10-7-11-23(19-21)24(30)26-2)29-16-13-22(14-17-29)18-20-8-5-4-6-9-20/h4-11,19,22H,3,12-18H2,1-2H3,(H,26,30)(H,27,28). The highest BCUT2D eigenvalue weighted by Crippen LogP contribution is 2.21. The fourth-order valence-electron chi connectivity index (χ4n) is 4.03. The molecule has 0 radical (unpaired) electrons. The molecule has 0 aliphatic carbocycles. The number of nitrogens with zero attached hydrogens (tertiary/aromatic N) is 2. The van der Waals surface area contributed by atoms with Crippen LogP contribution >= 0.6 is 0 Å². The van der Waals surface area contributed by atoms with Gasteiger partial charge in [0.15, 0.2) is 5.96 Å². The zero-order chi connectivity index (χ0) is 21.2. The topological polar surface area (TPSA) is 56.7 Å². The van der Waals surface area contributed by atoms with Crippen molar-refractivity contribution >= 4 is 11.9 Å². The van der Waals surface area contributed by atoms with Crippen molar-refractivity contribution in [3.8, 4) is 0 Å². The fraction of sp³-hybridized carbons (Fsp3) is 0.440. The predicted molar refractivity (Wildman–Crippen MR) is 124 cm³/mol. The zero-order valence-electron chi connectivity index (χ0n) is 18.2. The van der Waals surface area contributed by atoms with E-state index in [1.807, 2.05) is 18.2 Å². The number of hydrogen-bond donors (Lipinski definition) is 2. The summed E-state index contributed by atoms with van der Waals surface area (Å²) >= 11 is 0. The zero-order valence-corrected chi connectivity index (χ0v) is 18.2. The Hall–Kier alpha value is -2.82. The van der Waals surface area contributed by atoms with Gasteiger partial charge in [-0.1, -0.05) is 42.5 Å². The maximum Gasteiger partial charge on any atom is 0.251 e. The van der Waals surface area contributed by atoms with Gasteiger partial charge in [0, 0.05) is 38.8 Å². The minimum Gasteiger partial charge on any atom is -0.357 e. The summed E-state index contributed by atoms with van der Waals surface area (Å²) in [5, 5.41) is 6.13. The Morgan fingerprint density at radius 2 is 1.80 bits per heavy atom. The summed E-state index contributed by atoms with van der Waals surface area (Å²) in [6.07, 6.45) is 4.40. The van der Waals surface area contributed by atoms with E-state index in [1.54, 1.807) is 7.05 Å². The molecule has 2 aromatic carbocycles. The number of carbonyl (C=O) groups excluding carboxylic acids is 1. The van der Waals surface area contributed by atoms with Crippen molar-refractivity contribution in [2.24, 2.45) is 10.9 Å². The van der Waals surface area contributed by atoms with Gasteiger partial charge in [0.05, 0.1) is 0 Å². The molecule has 0 bridgehead atoms. The van der Waals surface area contributed by atoms with Gasteiger partial charge in [-0.05, 0) is 61.8 Å². The van der Waals surface area contributed by atoms with E-state index in [-0.39, 0.29) is 5.91 Å². The van der Waals surface area contributed by atoms with E-state index in [9.17, 15) is 4.79 Å². The van der Waals surface area contributed by atoms with Crippen LogP contribution in [-0.4, -0.2) is 50.0 Å². The summed E-state index contributed by atoms with van der Waals surface area (Å²) in [5.74, 6) is 1.71. The van der Waals surface area contributed by atoms with Crippen LogP contribution in [0.15, 0.2) is 59.6 Å². The number of benzene rings is 2. The molecule has 1 aliphatic rings. The molecule has 0 aromatic heterocycles. The van der Waals surface area contributed by atoms with Crippen molar-refractivity contribution in [1.82, 2.24) is 15.5 Å². The summed E-state index contributed by atoms with van der Waals surface area (Å²) in [5.41, 5.74) is 3.28. The largest absolute Gasteiger partial charge is 0.357 e. The predicted octanol–water partition coefficient (Wildman–Crippen LogP) is 3.51. The van der Waals surface area contributed by atoms with Gasteiger partial charge in [0.2, 0.25) is 0 Å². The van der Waals surface area contributed by atoms with Crippen LogP contribution in [0.25, 0.3) is 0 Å². The van der Waals surface area contributed by atoms with E-state index in [0.717, 1.165) is 43.5 Å². The summed E-state index contributed by atoms with van der Waals surface area (Å²) < 4.78 is 0. The van der Waals surface area contributed by atoms with Crippen molar-refractivity contribution in [2.45, 2.75) is 32.6 Å². The molecule has 1 heterocycles. The third-order valence-electron chi connectivity index (χ3n) is 5.69. The number of likely N-dealkylation sites (tertiary alicyclic amines) is 1. The van der Waals surface area contributed by atoms with Crippen LogP contribution in [0.4, 0.5) is 0 Å². The number of amides is 1. The first-order valence-corrected chi connectivity index (χ1v) is 11.1. The summed E-state index contributed by atoms with van der Waals surface area (Å²) in [4.78, 5) is 19.1. The number of nitrogens with one attached hydrogen (secondary N) is 2. The van der Waals surface area contributed by atoms with Gasteiger partial charge >= 0.3 is 0 Å². The SMILES string of the molecule is CCNC(=NCCc1cccc(C(=O)NC)c1)N1CCC(Cc2ccccc2)CC1. The van der Waals surface area contributed by atoms with E-state index in [1.165, 1.54) is 24.8 Å². The Balaban J connectivity index is 1.53. The van der Waals surface area contributed by atoms with Crippen molar-refractivity contribution < 1.29 is 4.79 Å². The van der Waals surface area contributed by atoms with E-state index < -0.39 is 0 Å². The van der Waals surface area contributed by atoms with Crippen LogP contribution in [0.5, 0.6) is 0 Å². The molecule has 3 rings (SSSR count). The molecule has 1 amide bonds. The van der Waals surface area contributed by atoms with Gasteiger partial charge in [-0.25, -0.2) is 0 Å². The lowest BCUT2D eigenvalue weighted by Crippen LogP contribution is -2.46. The Kier molecular flexibility index (Phi) is 8.30. The van der Waals surface area contributed by atoms with E-state index in [0.29, 0.717) is 12.1 Å². The average molecular weight is 407 g/mol. The van der Waals surface area contributed by atoms with Crippen molar-refractivity contribution in [1.29, 1.82) is 0 Å². The fourth-order valence-corrected chi connectivity index (χ4v) is 4.03. The molecule has 0 saturated carbocycles. The van der Waals surface area contributed by atoms with E-state index in [4.69, 9.17) is 4.99 Å². The number of aliphatic imine (C=N–C) groups is 1. The first kappa shape index (κ1) is 21.9. The highest BCUT2D eigenvalue weighted by Gasteiger charge is 2.21. The molecule has 0 unspecified atom stereocenters. The Bertz CT molecular complexity index is 826. The molecule has 5 heteroatoms. The number of carbonyl (C=O) groups is 1. The third-order valence-corrected chi connectivity index (χ3v) is 5.69. The number of hydrogen-bond acceptors (Lipinski definition) is 2. The molecule has 2 N–H and O–H groups in total. The number of guanidine groups is 1. The molecule has 0 spiro atoms. The third kappa shape index (κ3) is 6.34. The molecule has 1 saturated heterocycles. The van der Waals surface area contributed by atoms with Crippen molar-refractivity contribution in [2.75, 3.05) is 33.2 Å². The lowest BCUT2D eigenvalue weighted by atomic mass is 9.90. The van der Waals surface area contributed by atoms with Gasteiger partial charge in [-0.2, -0.15) is 0 Å². The average Bonchev–Trinajstić information content (AvgIpc) is 2.79. The summed E-state index contributed by atoms with van der Waals surface area (Å²) in [6, 6.07) is 18.6. The van der Waals surface area contributed by atoms with E-state index in [2.05, 4.69) is 58.9 Å².